The highest BCUT2D eigenvalue weighted by Gasteiger charge is 2.17. The zero-order valence-corrected chi connectivity index (χ0v) is 13.5. The standard InChI is InChI=1S/C15H28N4O/c1-7-16-13-10(2)14(19-11(3)18-13)17-9-12(20)8-15(4,5)6/h12,20H,7-9H2,1-6H3,(H2,16,17,18,19). The van der Waals surface area contributed by atoms with Crippen molar-refractivity contribution in [3.8, 4) is 0 Å². The molecule has 0 aliphatic heterocycles. The number of aromatic nitrogens is 2. The first-order chi connectivity index (χ1) is 9.23. The first-order valence-corrected chi connectivity index (χ1v) is 7.24. The summed E-state index contributed by atoms with van der Waals surface area (Å²) in [6.45, 7) is 13.6. The van der Waals surface area contributed by atoms with Gasteiger partial charge in [0.25, 0.3) is 0 Å². The second-order valence-electron chi connectivity index (χ2n) is 6.42. The lowest BCUT2D eigenvalue weighted by Crippen LogP contribution is -2.26. The third-order valence-corrected chi connectivity index (χ3v) is 2.95. The summed E-state index contributed by atoms with van der Waals surface area (Å²) in [5.74, 6) is 2.37. The number of aliphatic hydroxyl groups is 1. The van der Waals surface area contributed by atoms with Gasteiger partial charge >= 0.3 is 0 Å². The summed E-state index contributed by atoms with van der Waals surface area (Å²) >= 11 is 0. The van der Waals surface area contributed by atoms with Gasteiger partial charge in [0.15, 0.2) is 0 Å². The van der Waals surface area contributed by atoms with Crippen LogP contribution < -0.4 is 10.6 Å². The van der Waals surface area contributed by atoms with Gasteiger partial charge in [0.1, 0.15) is 17.5 Å². The van der Waals surface area contributed by atoms with Gasteiger partial charge in [0.2, 0.25) is 0 Å². The number of nitrogens with zero attached hydrogens (tertiary/aromatic N) is 2. The lowest BCUT2D eigenvalue weighted by Gasteiger charge is -2.23. The highest BCUT2D eigenvalue weighted by atomic mass is 16.3. The predicted octanol–water partition coefficient (Wildman–Crippen LogP) is 2.73. The van der Waals surface area contributed by atoms with Gasteiger partial charge in [0.05, 0.1) is 6.10 Å². The van der Waals surface area contributed by atoms with Crippen LogP contribution in [-0.2, 0) is 0 Å². The molecule has 1 rings (SSSR count). The molecule has 1 unspecified atom stereocenters. The molecule has 0 aliphatic rings. The van der Waals surface area contributed by atoms with E-state index in [9.17, 15) is 5.11 Å². The molecule has 1 heterocycles. The van der Waals surface area contributed by atoms with Crippen LogP contribution >= 0.6 is 0 Å². The molecule has 0 fully saturated rings. The summed E-state index contributed by atoms with van der Waals surface area (Å²) in [5, 5.41) is 16.5. The minimum absolute atomic E-state index is 0.118. The van der Waals surface area contributed by atoms with Crippen molar-refractivity contribution < 1.29 is 5.11 Å². The van der Waals surface area contributed by atoms with Gasteiger partial charge in [-0.3, -0.25) is 0 Å². The Morgan fingerprint density at radius 1 is 1.10 bits per heavy atom. The van der Waals surface area contributed by atoms with Crippen LogP contribution in [0.2, 0.25) is 0 Å². The molecule has 0 saturated heterocycles. The molecule has 1 aromatic rings. The topological polar surface area (TPSA) is 70.1 Å². The number of aliphatic hydroxyl groups excluding tert-OH is 1. The van der Waals surface area contributed by atoms with Gasteiger partial charge in [0, 0.05) is 18.7 Å². The van der Waals surface area contributed by atoms with Crippen molar-refractivity contribution in [1.82, 2.24) is 9.97 Å². The van der Waals surface area contributed by atoms with E-state index in [0.717, 1.165) is 36.0 Å². The monoisotopic (exact) mass is 280 g/mol. The number of hydrogen-bond acceptors (Lipinski definition) is 5. The van der Waals surface area contributed by atoms with Gasteiger partial charge in [-0.2, -0.15) is 0 Å². The molecule has 5 heteroatoms. The van der Waals surface area contributed by atoms with Gasteiger partial charge in [-0.1, -0.05) is 20.8 Å². The second kappa shape index (κ2) is 6.88. The molecule has 1 aromatic heterocycles. The smallest absolute Gasteiger partial charge is 0.134 e. The molecule has 0 aromatic carbocycles. The molecule has 0 amide bonds. The second-order valence-corrected chi connectivity index (χ2v) is 6.42. The van der Waals surface area contributed by atoms with E-state index in [2.05, 4.69) is 41.4 Å². The molecule has 3 N–H and O–H groups in total. The minimum atomic E-state index is -0.382. The van der Waals surface area contributed by atoms with E-state index in [1.165, 1.54) is 0 Å². The van der Waals surface area contributed by atoms with E-state index < -0.39 is 0 Å². The molecule has 0 saturated carbocycles. The van der Waals surface area contributed by atoms with E-state index in [0.29, 0.717) is 6.54 Å². The molecule has 20 heavy (non-hydrogen) atoms. The Kier molecular flexibility index (Phi) is 5.74. The minimum Gasteiger partial charge on any atom is -0.391 e. The molecule has 0 bridgehead atoms. The maximum absolute atomic E-state index is 10.1. The molecule has 0 radical (unpaired) electrons. The Labute approximate surface area is 122 Å². The zero-order chi connectivity index (χ0) is 15.3. The normalized spacial score (nSPS) is 13.2. The number of anilines is 2. The highest BCUT2D eigenvalue weighted by Crippen LogP contribution is 2.22. The average molecular weight is 280 g/mol. The van der Waals surface area contributed by atoms with Gasteiger partial charge in [-0.15, -0.1) is 0 Å². The first kappa shape index (κ1) is 16.7. The van der Waals surface area contributed by atoms with Crippen molar-refractivity contribution in [3.63, 3.8) is 0 Å². The third-order valence-electron chi connectivity index (χ3n) is 2.95. The van der Waals surface area contributed by atoms with Crippen LogP contribution in [-0.4, -0.2) is 34.3 Å². The van der Waals surface area contributed by atoms with Crippen molar-refractivity contribution in [1.29, 1.82) is 0 Å². The van der Waals surface area contributed by atoms with Crippen LogP contribution in [0.15, 0.2) is 0 Å². The summed E-state index contributed by atoms with van der Waals surface area (Å²) in [7, 11) is 0. The van der Waals surface area contributed by atoms with E-state index in [1.807, 2.05) is 20.8 Å². The Morgan fingerprint density at radius 2 is 1.65 bits per heavy atom. The van der Waals surface area contributed by atoms with E-state index in [-0.39, 0.29) is 11.5 Å². The fourth-order valence-electron chi connectivity index (χ4n) is 2.13. The third kappa shape index (κ3) is 5.33. The SMILES string of the molecule is CCNc1nc(C)nc(NCC(O)CC(C)(C)C)c1C. The lowest BCUT2D eigenvalue weighted by atomic mass is 9.89. The Hall–Kier alpha value is -1.36. The average Bonchev–Trinajstić information content (AvgIpc) is 2.29. The molecule has 5 nitrogen and oxygen atoms in total. The van der Waals surface area contributed by atoms with Crippen molar-refractivity contribution >= 4 is 11.6 Å². The lowest BCUT2D eigenvalue weighted by molar-refractivity contribution is 0.132. The van der Waals surface area contributed by atoms with Gasteiger partial charge in [-0.25, -0.2) is 9.97 Å². The van der Waals surface area contributed by atoms with Crippen molar-refractivity contribution in [2.45, 2.75) is 54.1 Å². The molecular weight excluding hydrogens is 252 g/mol. The molecule has 114 valence electrons. The van der Waals surface area contributed by atoms with Crippen LogP contribution in [0.1, 0.15) is 45.5 Å². The highest BCUT2D eigenvalue weighted by molar-refractivity contribution is 5.57. The summed E-state index contributed by atoms with van der Waals surface area (Å²) in [6.07, 6.45) is 0.371. The number of rotatable bonds is 6. The number of hydrogen-bond donors (Lipinski definition) is 3. The molecule has 0 aliphatic carbocycles. The quantitative estimate of drug-likeness (QED) is 0.747. The molecule has 1 atom stereocenters. The van der Waals surface area contributed by atoms with E-state index >= 15 is 0 Å². The van der Waals surface area contributed by atoms with Gasteiger partial charge in [-0.05, 0) is 32.6 Å². The maximum atomic E-state index is 10.1. The van der Waals surface area contributed by atoms with Gasteiger partial charge < -0.3 is 15.7 Å². The van der Waals surface area contributed by atoms with Crippen LogP contribution in [0.25, 0.3) is 0 Å². The summed E-state index contributed by atoms with van der Waals surface area (Å²) in [5.41, 5.74) is 1.10. The fourth-order valence-corrected chi connectivity index (χ4v) is 2.13. The number of aryl methyl sites for hydroxylation is 1. The van der Waals surface area contributed by atoms with Crippen LogP contribution in [0.3, 0.4) is 0 Å². The van der Waals surface area contributed by atoms with Crippen molar-refractivity contribution in [3.05, 3.63) is 11.4 Å². The van der Waals surface area contributed by atoms with E-state index in [1.54, 1.807) is 0 Å². The van der Waals surface area contributed by atoms with E-state index in [4.69, 9.17) is 0 Å². The van der Waals surface area contributed by atoms with Crippen molar-refractivity contribution in [2.75, 3.05) is 23.7 Å². The fraction of sp³-hybridized carbons (Fsp3) is 0.733. The summed E-state index contributed by atoms with van der Waals surface area (Å²) in [4.78, 5) is 8.80. The summed E-state index contributed by atoms with van der Waals surface area (Å²) < 4.78 is 0. The Balaban J connectivity index is 2.72. The zero-order valence-electron chi connectivity index (χ0n) is 13.5. The number of nitrogens with one attached hydrogen (secondary N) is 2. The maximum Gasteiger partial charge on any atom is 0.134 e. The van der Waals surface area contributed by atoms with Crippen LogP contribution in [0.4, 0.5) is 11.6 Å². The molecule has 0 spiro atoms. The Morgan fingerprint density at radius 3 is 2.15 bits per heavy atom. The molecular formula is C15H28N4O. The van der Waals surface area contributed by atoms with Crippen molar-refractivity contribution in [2.24, 2.45) is 5.41 Å². The summed E-state index contributed by atoms with van der Waals surface area (Å²) in [6, 6.07) is 0. The Bertz CT molecular complexity index is 440. The predicted molar refractivity (Wildman–Crippen MR) is 84.2 cm³/mol. The largest absolute Gasteiger partial charge is 0.391 e. The van der Waals surface area contributed by atoms with Crippen LogP contribution in [0, 0.1) is 19.3 Å². The van der Waals surface area contributed by atoms with Crippen LogP contribution in [0.5, 0.6) is 0 Å². The first-order valence-electron chi connectivity index (χ1n) is 7.24.